The van der Waals surface area contributed by atoms with Gasteiger partial charge in [0.05, 0.1) is 17.5 Å². The van der Waals surface area contributed by atoms with Crippen LogP contribution in [0, 0.1) is 0 Å². The van der Waals surface area contributed by atoms with E-state index in [4.69, 9.17) is 14.9 Å². The number of thioether (sulfide) groups is 1. The van der Waals surface area contributed by atoms with Gasteiger partial charge in [-0.25, -0.2) is 4.98 Å². The molecule has 0 spiro atoms. The number of nitrogen functional groups attached to an aromatic ring is 1. The average molecular weight is 264 g/mol. The zero-order chi connectivity index (χ0) is 12.4. The normalized spacial score (nSPS) is 19.7. The first-order valence-electron chi connectivity index (χ1n) is 6.16. The molecule has 1 atom stereocenters. The molecule has 5 heteroatoms. The largest absolute Gasteiger partial charge is 0.440 e. The summed E-state index contributed by atoms with van der Waals surface area (Å²) in [5.74, 6) is 2.52. The highest BCUT2D eigenvalue weighted by atomic mass is 32.2. The number of hydrogen-bond acceptors (Lipinski definition) is 5. The number of nitrogens with two attached hydrogens (primary N) is 1. The maximum absolute atomic E-state index is 5.85. The zero-order valence-electron chi connectivity index (χ0n) is 10.1. The van der Waals surface area contributed by atoms with Crippen molar-refractivity contribution in [1.82, 2.24) is 4.98 Å². The molecule has 2 heterocycles. The summed E-state index contributed by atoms with van der Waals surface area (Å²) in [5.41, 5.74) is 8.06. The fourth-order valence-corrected chi connectivity index (χ4v) is 3.07. The Balaban J connectivity index is 1.62. The second-order valence-electron chi connectivity index (χ2n) is 4.45. The number of anilines is 1. The molecule has 96 valence electrons. The maximum atomic E-state index is 5.85. The molecule has 1 aromatic carbocycles. The van der Waals surface area contributed by atoms with Crippen molar-refractivity contribution < 1.29 is 9.15 Å². The van der Waals surface area contributed by atoms with Crippen molar-refractivity contribution in [2.24, 2.45) is 0 Å². The average Bonchev–Trinajstić information content (AvgIpc) is 2.98. The molecule has 1 aliphatic heterocycles. The van der Waals surface area contributed by atoms with E-state index in [1.807, 2.05) is 18.2 Å². The van der Waals surface area contributed by atoms with E-state index in [9.17, 15) is 0 Å². The molecule has 0 bridgehead atoms. The molecule has 1 unspecified atom stereocenters. The third-order valence-electron chi connectivity index (χ3n) is 3.05. The SMILES string of the molecule is Nc1cccc2oc(CSCC3CCCO3)nc12. The van der Waals surface area contributed by atoms with E-state index in [-0.39, 0.29) is 0 Å². The minimum Gasteiger partial charge on any atom is -0.440 e. The van der Waals surface area contributed by atoms with Crippen LogP contribution in [0.5, 0.6) is 0 Å². The fraction of sp³-hybridized carbons (Fsp3) is 0.462. The van der Waals surface area contributed by atoms with Crippen molar-refractivity contribution in [3.63, 3.8) is 0 Å². The Kier molecular flexibility index (Phi) is 3.43. The molecule has 4 nitrogen and oxygen atoms in total. The van der Waals surface area contributed by atoms with Crippen molar-refractivity contribution in [3.05, 3.63) is 24.1 Å². The van der Waals surface area contributed by atoms with Gasteiger partial charge in [0, 0.05) is 12.4 Å². The maximum Gasteiger partial charge on any atom is 0.205 e. The Morgan fingerprint density at radius 1 is 1.44 bits per heavy atom. The van der Waals surface area contributed by atoms with E-state index in [0.717, 1.165) is 35.1 Å². The third-order valence-corrected chi connectivity index (χ3v) is 4.11. The van der Waals surface area contributed by atoms with E-state index in [2.05, 4.69) is 4.98 Å². The summed E-state index contributed by atoms with van der Waals surface area (Å²) >= 11 is 1.80. The third kappa shape index (κ3) is 2.47. The highest BCUT2D eigenvalue weighted by molar-refractivity contribution is 7.98. The predicted molar refractivity (Wildman–Crippen MR) is 73.6 cm³/mol. The molecule has 1 aliphatic rings. The lowest BCUT2D eigenvalue weighted by Gasteiger charge is -2.06. The summed E-state index contributed by atoms with van der Waals surface area (Å²) < 4.78 is 11.2. The van der Waals surface area contributed by atoms with Crippen LogP contribution in [0.1, 0.15) is 18.7 Å². The number of fused-ring (bicyclic) bond motifs is 1. The van der Waals surface area contributed by atoms with E-state index in [1.165, 1.54) is 12.8 Å². The highest BCUT2D eigenvalue weighted by Gasteiger charge is 2.16. The van der Waals surface area contributed by atoms with Crippen LogP contribution in [0.3, 0.4) is 0 Å². The molecule has 2 aromatic rings. The Bertz CT molecular complexity index is 535. The van der Waals surface area contributed by atoms with Crippen LogP contribution in [0.25, 0.3) is 11.1 Å². The Hall–Kier alpha value is -1.20. The molecule has 1 saturated heterocycles. The van der Waals surface area contributed by atoms with Gasteiger partial charge in [-0.05, 0) is 25.0 Å². The zero-order valence-corrected chi connectivity index (χ0v) is 10.9. The van der Waals surface area contributed by atoms with Gasteiger partial charge in [-0.3, -0.25) is 0 Å². The van der Waals surface area contributed by atoms with E-state index in [0.29, 0.717) is 11.8 Å². The molecule has 18 heavy (non-hydrogen) atoms. The molecule has 0 saturated carbocycles. The van der Waals surface area contributed by atoms with E-state index >= 15 is 0 Å². The number of benzene rings is 1. The summed E-state index contributed by atoms with van der Waals surface area (Å²) in [6.07, 6.45) is 2.77. The van der Waals surface area contributed by atoms with Crippen molar-refractivity contribution in [2.45, 2.75) is 24.7 Å². The molecule has 1 fully saturated rings. The van der Waals surface area contributed by atoms with Crippen LogP contribution in [0.4, 0.5) is 5.69 Å². The van der Waals surface area contributed by atoms with E-state index < -0.39 is 0 Å². The highest BCUT2D eigenvalue weighted by Crippen LogP contribution is 2.24. The lowest BCUT2D eigenvalue weighted by molar-refractivity contribution is 0.129. The predicted octanol–water partition coefficient (Wildman–Crippen LogP) is 2.82. The first-order valence-corrected chi connectivity index (χ1v) is 7.31. The summed E-state index contributed by atoms with van der Waals surface area (Å²) in [6.45, 7) is 0.907. The monoisotopic (exact) mass is 264 g/mol. The molecule has 3 rings (SSSR count). The van der Waals surface area contributed by atoms with Crippen LogP contribution < -0.4 is 5.73 Å². The molecule has 2 N–H and O–H groups in total. The van der Waals surface area contributed by atoms with Crippen LogP contribution in [0.15, 0.2) is 22.6 Å². The summed E-state index contributed by atoms with van der Waals surface area (Å²) in [6, 6.07) is 5.62. The number of ether oxygens (including phenoxy) is 1. The van der Waals surface area contributed by atoms with Crippen LogP contribution in [0.2, 0.25) is 0 Å². The molecule has 0 radical (unpaired) electrons. The van der Waals surface area contributed by atoms with Crippen molar-refractivity contribution in [3.8, 4) is 0 Å². The van der Waals surface area contributed by atoms with Crippen molar-refractivity contribution in [1.29, 1.82) is 0 Å². The van der Waals surface area contributed by atoms with Crippen LogP contribution in [-0.4, -0.2) is 23.4 Å². The standard InChI is InChI=1S/C13H16N2O2S/c14-10-4-1-5-11-13(10)15-12(17-11)8-18-7-9-3-2-6-16-9/h1,4-5,9H,2-3,6-8,14H2. The van der Waals surface area contributed by atoms with Gasteiger partial charge >= 0.3 is 0 Å². The Morgan fingerprint density at radius 2 is 2.39 bits per heavy atom. The number of aromatic nitrogens is 1. The van der Waals surface area contributed by atoms with Crippen molar-refractivity contribution in [2.75, 3.05) is 18.1 Å². The summed E-state index contributed by atoms with van der Waals surface area (Å²) in [4.78, 5) is 4.42. The Morgan fingerprint density at radius 3 is 3.17 bits per heavy atom. The smallest absolute Gasteiger partial charge is 0.205 e. The minimum absolute atomic E-state index is 0.407. The molecule has 1 aromatic heterocycles. The number of para-hydroxylation sites is 1. The number of nitrogens with zero attached hydrogens (tertiary/aromatic N) is 1. The van der Waals surface area contributed by atoms with Crippen molar-refractivity contribution >= 4 is 28.5 Å². The first kappa shape index (κ1) is 11.9. The summed E-state index contributed by atoms with van der Waals surface area (Å²) in [5, 5.41) is 0. The second kappa shape index (κ2) is 5.20. The Labute approximate surface area is 110 Å². The van der Waals surface area contributed by atoms with Gasteiger partial charge in [-0.2, -0.15) is 0 Å². The van der Waals surface area contributed by atoms with Gasteiger partial charge < -0.3 is 14.9 Å². The van der Waals surface area contributed by atoms with Gasteiger partial charge in [0.15, 0.2) is 5.58 Å². The number of oxazole rings is 1. The van der Waals surface area contributed by atoms with E-state index in [1.54, 1.807) is 11.8 Å². The van der Waals surface area contributed by atoms with Gasteiger partial charge in [-0.15, -0.1) is 11.8 Å². The molecule has 0 aliphatic carbocycles. The minimum atomic E-state index is 0.407. The fourth-order valence-electron chi connectivity index (χ4n) is 2.13. The second-order valence-corrected chi connectivity index (χ2v) is 5.48. The van der Waals surface area contributed by atoms with Gasteiger partial charge in [0.1, 0.15) is 5.52 Å². The lowest BCUT2D eigenvalue weighted by atomic mass is 10.3. The lowest BCUT2D eigenvalue weighted by Crippen LogP contribution is -2.07. The first-order chi connectivity index (χ1) is 8.83. The number of hydrogen-bond donors (Lipinski definition) is 1. The quantitative estimate of drug-likeness (QED) is 0.860. The molecular formula is C13H16N2O2S. The molecular weight excluding hydrogens is 248 g/mol. The van der Waals surface area contributed by atoms with Crippen LogP contribution >= 0.6 is 11.8 Å². The van der Waals surface area contributed by atoms with Gasteiger partial charge in [0.2, 0.25) is 5.89 Å². The van der Waals surface area contributed by atoms with Gasteiger partial charge in [-0.1, -0.05) is 6.07 Å². The van der Waals surface area contributed by atoms with Gasteiger partial charge in [0.25, 0.3) is 0 Å². The van der Waals surface area contributed by atoms with Crippen LogP contribution in [-0.2, 0) is 10.5 Å². The summed E-state index contributed by atoms with van der Waals surface area (Å²) in [7, 11) is 0. The molecule has 0 amide bonds. The number of rotatable bonds is 4. The topological polar surface area (TPSA) is 61.3 Å².